The van der Waals surface area contributed by atoms with Crippen LogP contribution < -0.4 is 15.8 Å². The van der Waals surface area contributed by atoms with Gasteiger partial charge < -0.3 is 15.8 Å². The van der Waals surface area contributed by atoms with Gasteiger partial charge >= 0.3 is 0 Å². The summed E-state index contributed by atoms with van der Waals surface area (Å²) in [6.07, 6.45) is 0.636. The first-order valence-electron chi connectivity index (χ1n) is 5.78. The molecule has 0 aromatic heterocycles. The molecule has 4 nitrogen and oxygen atoms in total. The van der Waals surface area contributed by atoms with Gasteiger partial charge in [0.1, 0.15) is 5.75 Å². The highest BCUT2D eigenvalue weighted by molar-refractivity contribution is 5.81. The number of hydrogen-bond donors (Lipinski definition) is 2. The fourth-order valence-electron chi connectivity index (χ4n) is 1.50. The molecule has 0 spiro atoms. The highest BCUT2D eigenvalue weighted by atomic mass is 16.5. The number of amides is 1. The summed E-state index contributed by atoms with van der Waals surface area (Å²) < 4.78 is 5.14. The van der Waals surface area contributed by atoms with Gasteiger partial charge in [0.05, 0.1) is 19.2 Å². The van der Waals surface area contributed by atoms with E-state index in [1.165, 1.54) is 0 Å². The van der Waals surface area contributed by atoms with E-state index in [-0.39, 0.29) is 11.9 Å². The third kappa shape index (κ3) is 3.75. The number of ether oxygens (including phenoxy) is 1. The maximum Gasteiger partial charge on any atom is 0.237 e. The van der Waals surface area contributed by atoms with Gasteiger partial charge in [-0.05, 0) is 31.0 Å². The molecule has 0 radical (unpaired) electrons. The van der Waals surface area contributed by atoms with E-state index in [0.29, 0.717) is 6.42 Å². The Bertz CT molecular complexity index is 379. The van der Waals surface area contributed by atoms with Crippen LogP contribution in [0.5, 0.6) is 5.75 Å². The van der Waals surface area contributed by atoms with Crippen LogP contribution in [0.3, 0.4) is 0 Å². The zero-order chi connectivity index (χ0) is 12.8. The molecule has 17 heavy (non-hydrogen) atoms. The molecular weight excluding hydrogens is 216 g/mol. The lowest BCUT2D eigenvalue weighted by Gasteiger charge is -2.17. The Hall–Kier alpha value is -1.55. The monoisotopic (exact) mass is 236 g/mol. The summed E-state index contributed by atoms with van der Waals surface area (Å²) in [6, 6.07) is 7.11. The van der Waals surface area contributed by atoms with Crippen molar-refractivity contribution in [3.8, 4) is 5.75 Å². The number of carbonyl (C=O) groups is 1. The second kappa shape index (κ2) is 6.25. The minimum Gasteiger partial charge on any atom is -0.497 e. The van der Waals surface area contributed by atoms with Crippen LogP contribution in [0.15, 0.2) is 24.3 Å². The minimum absolute atomic E-state index is 0.0739. The molecule has 3 N–H and O–H groups in total. The van der Waals surface area contributed by atoms with Crippen LogP contribution in [0.25, 0.3) is 0 Å². The minimum atomic E-state index is -0.442. The highest BCUT2D eigenvalue weighted by Gasteiger charge is 2.14. The average Bonchev–Trinajstić information content (AvgIpc) is 2.37. The van der Waals surface area contributed by atoms with Crippen molar-refractivity contribution in [2.45, 2.75) is 32.4 Å². The molecule has 1 unspecified atom stereocenters. The fourth-order valence-corrected chi connectivity index (χ4v) is 1.50. The lowest BCUT2D eigenvalue weighted by atomic mass is 10.1. The van der Waals surface area contributed by atoms with Crippen LogP contribution in [-0.4, -0.2) is 19.1 Å². The lowest BCUT2D eigenvalue weighted by molar-refractivity contribution is -0.123. The molecule has 1 aromatic rings. The van der Waals surface area contributed by atoms with E-state index in [4.69, 9.17) is 10.5 Å². The highest BCUT2D eigenvalue weighted by Crippen LogP contribution is 2.18. The fraction of sp³-hybridized carbons (Fsp3) is 0.462. The third-order valence-electron chi connectivity index (χ3n) is 2.73. The largest absolute Gasteiger partial charge is 0.497 e. The number of rotatable bonds is 5. The van der Waals surface area contributed by atoms with Gasteiger partial charge in [0.25, 0.3) is 0 Å². The van der Waals surface area contributed by atoms with Gasteiger partial charge in [-0.25, -0.2) is 0 Å². The summed E-state index contributed by atoms with van der Waals surface area (Å²) in [5.74, 6) is 0.659. The van der Waals surface area contributed by atoms with Crippen molar-refractivity contribution in [1.82, 2.24) is 5.32 Å². The first-order valence-corrected chi connectivity index (χ1v) is 5.78. The molecule has 0 saturated carbocycles. The van der Waals surface area contributed by atoms with E-state index in [1.54, 1.807) is 7.11 Å². The van der Waals surface area contributed by atoms with E-state index >= 15 is 0 Å². The van der Waals surface area contributed by atoms with Gasteiger partial charge in [0.15, 0.2) is 0 Å². The maximum atomic E-state index is 11.6. The Morgan fingerprint density at radius 2 is 2.24 bits per heavy atom. The van der Waals surface area contributed by atoms with Crippen molar-refractivity contribution in [1.29, 1.82) is 0 Å². The smallest absolute Gasteiger partial charge is 0.237 e. The predicted molar refractivity (Wildman–Crippen MR) is 67.8 cm³/mol. The first-order chi connectivity index (χ1) is 8.08. The van der Waals surface area contributed by atoms with Gasteiger partial charge in [-0.1, -0.05) is 19.1 Å². The third-order valence-corrected chi connectivity index (χ3v) is 2.73. The van der Waals surface area contributed by atoms with Crippen molar-refractivity contribution in [2.75, 3.05) is 7.11 Å². The van der Waals surface area contributed by atoms with Crippen LogP contribution in [0, 0.1) is 0 Å². The molecule has 0 bridgehead atoms. The van der Waals surface area contributed by atoms with Crippen LogP contribution in [0.4, 0.5) is 0 Å². The van der Waals surface area contributed by atoms with Gasteiger partial charge in [-0.3, -0.25) is 4.79 Å². The Kier molecular flexibility index (Phi) is 4.97. The lowest BCUT2D eigenvalue weighted by Crippen LogP contribution is -2.41. The SMILES string of the molecule is CC[C@@H](N)C(=O)NC(C)c1cccc(OC)c1. The van der Waals surface area contributed by atoms with E-state index in [1.807, 2.05) is 38.1 Å². The van der Waals surface area contributed by atoms with Gasteiger partial charge in [0.2, 0.25) is 5.91 Å². The molecule has 2 atom stereocenters. The molecular formula is C13H20N2O2. The summed E-state index contributed by atoms with van der Waals surface area (Å²) in [6.45, 7) is 3.81. The standard InChI is InChI=1S/C13H20N2O2/c1-4-12(14)13(16)15-9(2)10-6-5-7-11(8-10)17-3/h5-9,12H,4,14H2,1-3H3,(H,15,16)/t9?,12-/m1/s1. The van der Waals surface area contributed by atoms with E-state index in [2.05, 4.69) is 5.32 Å². The van der Waals surface area contributed by atoms with Crippen LogP contribution in [-0.2, 0) is 4.79 Å². The van der Waals surface area contributed by atoms with Gasteiger partial charge in [-0.15, -0.1) is 0 Å². The summed E-state index contributed by atoms with van der Waals surface area (Å²) in [4.78, 5) is 11.6. The Balaban J connectivity index is 2.69. The van der Waals surface area contributed by atoms with Crippen molar-refractivity contribution in [2.24, 2.45) is 5.73 Å². The Labute approximate surface area is 102 Å². The number of benzene rings is 1. The number of methoxy groups -OCH3 is 1. The normalized spacial score (nSPS) is 13.9. The topological polar surface area (TPSA) is 64.4 Å². The summed E-state index contributed by atoms with van der Waals surface area (Å²) in [5, 5.41) is 2.88. The van der Waals surface area contributed by atoms with Crippen molar-refractivity contribution >= 4 is 5.91 Å². The summed E-state index contributed by atoms with van der Waals surface area (Å²) in [5.41, 5.74) is 6.66. The van der Waals surface area contributed by atoms with E-state index < -0.39 is 6.04 Å². The quantitative estimate of drug-likeness (QED) is 0.816. The average molecular weight is 236 g/mol. The van der Waals surface area contributed by atoms with Crippen LogP contribution in [0.2, 0.25) is 0 Å². The molecule has 0 fully saturated rings. The number of carbonyl (C=O) groups excluding carboxylic acids is 1. The molecule has 0 aliphatic carbocycles. The molecule has 0 heterocycles. The first kappa shape index (κ1) is 13.5. The summed E-state index contributed by atoms with van der Waals surface area (Å²) >= 11 is 0. The zero-order valence-corrected chi connectivity index (χ0v) is 10.6. The second-order valence-corrected chi connectivity index (χ2v) is 4.02. The van der Waals surface area contributed by atoms with Crippen molar-refractivity contribution in [3.05, 3.63) is 29.8 Å². The number of nitrogens with one attached hydrogen (secondary N) is 1. The summed E-state index contributed by atoms with van der Waals surface area (Å²) in [7, 11) is 1.62. The van der Waals surface area contributed by atoms with Gasteiger partial charge in [-0.2, -0.15) is 0 Å². The van der Waals surface area contributed by atoms with E-state index in [9.17, 15) is 4.79 Å². The van der Waals surface area contributed by atoms with Crippen molar-refractivity contribution < 1.29 is 9.53 Å². The molecule has 1 rings (SSSR count). The molecule has 1 aromatic carbocycles. The Morgan fingerprint density at radius 1 is 1.53 bits per heavy atom. The predicted octanol–water partition coefficient (Wildman–Crippen LogP) is 1.61. The Morgan fingerprint density at radius 3 is 2.82 bits per heavy atom. The molecule has 0 saturated heterocycles. The molecule has 0 aliphatic heterocycles. The van der Waals surface area contributed by atoms with E-state index in [0.717, 1.165) is 11.3 Å². The van der Waals surface area contributed by atoms with Gasteiger partial charge in [0, 0.05) is 0 Å². The van der Waals surface area contributed by atoms with Crippen LogP contribution >= 0.6 is 0 Å². The molecule has 1 amide bonds. The molecule has 94 valence electrons. The van der Waals surface area contributed by atoms with Crippen molar-refractivity contribution in [3.63, 3.8) is 0 Å². The number of hydrogen-bond acceptors (Lipinski definition) is 3. The molecule has 0 aliphatic rings. The molecule has 4 heteroatoms. The van der Waals surface area contributed by atoms with Crippen LogP contribution in [0.1, 0.15) is 31.9 Å². The maximum absolute atomic E-state index is 11.6. The second-order valence-electron chi connectivity index (χ2n) is 4.02. The zero-order valence-electron chi connectivity index (χ0n) is 10.6. The number of nitrogens with two attached hydrogens (primary N) is 1.